The van der Waals surface area contributed by atoms with Crippen molar-refractivity contribution in [3.63, 3.8) is 0 Å². The number of aryl methyl sites for hydroxylation is 4. The Morgan fingerprint density at radius 1 is 0.682 bits per heavy atom. The maximum absolute atomic E-state index is 10.5. The first-order chi connectivity index (χ1) is 10.5. The molecule has 0 saturated heterocycles. The van der Waals surface area contributed by atoms with Crippen LogP contribution >= 0.6 is 0 Å². The summed E-state index contributed by atoms with van der Waals surface area (Å²) in [6.07, 6.45) is 4.01. The average Bonchev–Trinajstić information content (AvgIpc) is 2.41. The second kappa shape index (κ2) is 6.87. The lowest BCUT2D eigenvalue weighted by atomic mass is 9.91. The predicted molar refractivity (Wildman–Crippen MR) is 92.7 cm³/mol. The zero-order chi connectivity index (χ0) is 16.3. The third-order valence-corrected chi connectivity index (χ3v) is 4.08. The summed E-state index contributed by atoms with van der Waals surface area (Å²) >= 11 is 0. The molecule has 0 aliphatic carbocycles. The van der Waals surface area contributed by atoms with Gasteiger partial charge in [0.2, 0.25) is 0 Å². The third-order valence-electron chi connectivity index (χ3n) is 4.08. The van der Waals surface area contributed by atoms with Crippen LogP contribution in [0.3, 0.4) is 0 Å². The molecule has 2 rings (SSSR count). The number of hydrogen-bond acceptors (Lipinski definition) is 2. The normalized spacial score (nSPS) is 10.9. The molecule has 0 atom stereocenters. The van der Waals surface area contributed by atoms with E-state index >= 15 is 0 Å². The predicted octanol–water partition coefficient (Wildman–Crippen LogP) is 5.29. The van der Waals surface area contributed by atoms with E-state index in [-0.39, 0.29) is 11.5 Å². The van der Waals surface area contributed by atoms with Gasteiger partial charge in [-0.3, -0.25) is 0 Å². The van der Waals surface area contributed by atoms with Gasteiger partial charge in [0.05, 0.1) is 0 Å². The van der Waals surface area contributed by atoms with E-state index in [0.717, 1.165) is 59.1 Å². The van der Waals surface area contributed by atoms with Gasteiger partial charge in [0.15, 0.2) is 0 Å². The van der Waals surface area contributed by atoms with Crippen molar-refractivity contribution in [3.05, 3.63) is 46.5 Å². The summed E-state index contributed by atoms with van der Waals surface area (Å²) in [6, 6.07) is 7.87. The first kappa shape index (κ1) is 16.4. The molecule has 0 saturated carbocycles. The Kier molecular flexibility index (Phi) is 5.12. The Morgan fingerprint density at radius 2 is 1.05 bits per heavy atom. The number of phenols is 2. The second-order valence-corrected chi connectivity index (χ2v) is 6.11. The molecule has 0 bridgehead atoms. The van der Waals surface area contributed by atoms with E-state index in [1.54, 1.807) is 0 Å². The SMILES string of the molecule is CCCc1cc(C)c(-c2c(C)cc(CCC)cc2O)c(O)c1. The number of rotatable bonds is 5. The smallest absolute Gasteiger partial charge is 0.124 e. The van der Waals surface area contributed by atoms with E-state index in [2.05, 4.69) is 26.0 Å². The maximum Gasteiger partial charge on any atom is 0.124 e. The number of aromatic hydroxyl groups is 2. The van der Waals surface area contributed by atoms with Crippen LogP contribution < -0.4 is 0 Å². The highest BCUT2D eigenvalue weighted by molar-refractivity contribution is 5.81. The molecule has 2 N–H and O–H groups in total. The summed E-state index contributed by atoms with van der Waals surface area (Å²) in [7, 11) is 0. The van der Waals surface area contributed by atoms with Crippen molar-refractivity contribution in [1.82, 2.24) is 0 Å². The Hall–Kier alpha value is -1.96. The molecule has 22 heavy (non-hydrogen) atoms. The van der Waals surface area contributed by atoms with Crippen molar-refractivity contribution in [2.24, 2.45) is 0 Å². The van der Waals surface area contributed by atoms with Crippen LogP contribution in [-0.4, -0.2) is 10.2 Å². The van der Waals surface area contributed by atoms with Crippen molar-refractivity contribution in [1.29, 1.82) is 0 Å². The monoisotopic (exact) mass is 298 g/mol. The van der Waals surface area contributed by atoms with E-state index < -0.39 is 0 Å². The van der Waals surface area contributed by atoms with Crippen molar-refractivity contribution in [2.45, 2.75) is 53.4 Å². The standard InChI is InChI=1S/C20H26O2/c1-5-7-15-9-13(3)19(17(21)11-15)20-14(4)10-16(8-6-2)12-18(20)22/h9-12,21-22H,5-8H2,1-4H3. The first-order valence-corrected chi connectivity index (χ1v) is 8.13. The highest BCUT2D eigenvalue weighted by Crippen LogP contribution is 2.41. The number of phenolic OH excluding ortho intramolecular Hbond substituents is 2. The average molecular weight is 298 g/mol. The van der Waals surface area contributed by atoms with Gasteiger partial charge in [-0.25, -0.2) is 0 Å². The van der Waals surface area contributed by atoms with Gasteiger partial charge in [0, 0.05) is 11.1 Å². The molecule has 0 unspecified atom stereocenters. The van der Waals surface area contributed by atoms with E-state index in [0.29, 0.717) is 0 Å². The summed E-state index contributed by atoms with van der Waals surface area (Å²) < 4.78 is 0. The lowest BCUT2D eigenvalue weighted by Gasteiger charge is -2.16. The van der Waals surface area contributed by atoms with Crippen LogP contribution in [0.2, 0.25) is 0 Å². The first-order valence-electron chi connectivity index (χ1n) is 8.13. The molecular weight excluding hydrogens is 272 g/mol. The van der Waals surface area contributed by atoms with Gasteiger partial charge in [-0.1, -0.05) is 38.8 Å². The van der Waals surface area contributed by atoms with E-state index in [9.17, 15) is 10.2 Å². The van der Waals surface area contributed by atoms with Crippen LogP contribution in [0.15, 0.2) is 24.3 Å². The molecule has 2 nitrogen and oxygen atoms in total. The minimum atomic E-state index is 0.255. The summed E-state index contributed by atoms with van der Waals surface area (Å²) in [5.41, 5.74) is 5.79. The summed E-state index contributed by atoms with van der Waals surface area (Å²) in [5.74, 6) is 0.509. The molecule has 2 heteroatoms. The largest absolute Gasteiger partial charge is 0.507 e. The minimum absolute atomic E-state index is 0.255. The molecule has 118 valence electrons. The fraction of sp³-hybridized carbons (Fsp3) is 0.400. The molecule has 0 fully saturated rings. The molecule has 0 radical (unpaired) electrons. The summed E-state index contributed by atoms with van der Waals surface area (Å²) in [4.78, 5) is 0. The molecular formula is C20H26O2. The van der Waals surface area contributed by atoms with Gasteiger partial charge in [0.25, 0.3) is 0 Å². The van der Waals surface area contributed by atoms with Crippen molar-refractivity contribution >= 4 is 0 Å². The van der Waals surface area contributed by atoms with Gasteiger partial charge in [-0.15, -0.1) is 0 Å². The van der Waals surface area contributed by atoms with Crippen LogP contribution in [0.1, 0.15) is 48.9 Å². The Morgan fingerprint density at radius 3 is 1.32 bits per heavy atom. The highest BCUT2D eigenvalue weighted by atomic mass is 16.3. The quantitative estimate of drug-likeness (QED) is 0.787. The van der Waals surface area contributed by atoms with Crippen LogP contribution in [0, 0.1) is 13.8 Å². The van der Waals surface area contributed by atoms with Gasteiger partial charge in [0.1, 0.15) is 11.5 Å². The van der Waals surface area contributed by atoms with Crippen LogP contribution in [0.5, 0.6) is 11.5 Å². The lowest BCUT2D eigenvalue weighted by molar-refractivity contribution is 0.467. The van der Waals surface area contributed by atoms with Crippen molar-refractivity contribution < 1.29 is 10.2 Å². The fourth-order valence-electron chi connectivity index (χ4n) is 3.20. The van der Waals surface area contributed by atoms with E-state index in [4.69, 9.17) is 0 Å². The fourth-order valence-corrected chi connectivity index (χ4v) is 3.20. The number of hydrogen-bond donors (Lipinski definition) is 2. The topological polar surface area (TPSA) is 40.5 Å². The molecule has 0 spiro atoms. The molecule has 0 aliphatic heterocycles. The highest BCUT2D eigenvalue weighted by Gasteiger charge is 2.16. The zero-order valence-corrected chi connectivity index (χ0v) is 14.0. The van der Waals surface area contributed by atoms with Gasteiger partial charge in [-0.2, -0.15) is 0 Å². The Balaban J connectivity index is 2.57. The Bertz CT molecular complexity index is 566. The van der Waals surface area contributed by atoms with Crippen LogP contribution in [0.25, 0.3) is 11.1 Å². The molecule has 0 aliphatic rings. The number of benzene rings is 2. The molecule has 2 aromatic rings. The Labute approximate surface area is 133 Å². The molecule has 0 aromatic heterocycles. The van der Waals surface area contributed by atoms with Crippen molar-refractivity contribution in [3.8, 4) is 22.6 Å². The maximum atomic E-state index is 10.5. The van der Waals surface area contributed by atoms with E-state index in [1.165, 1.54) is 0 Å². The van der Waals surface area contributed by atoms with Gasteiger partial charge < -0.3 is 10.2 Å². The third kappa shape index (κ3) is 3.27. The zero-order valence-electron chi connectivity index (χ0n) is 14.0. The molecule has 0 heterocycles. The molecule has 2 aromatic carbocycles. The summed E-state index contributed by atoms with van der Waals surface area (Å²) in [5, 5.41) is 20.9. The van der Waals surface area contributed by atoms with Crippen LogP contribution in [-0.2, 0) is 12.8 Å². The van der Waals surface area contributed by atoms with Crippen LogP contribution in [0.4, 0.5) is 0 Å². The van der Waals surface area contributed by atoms with E-state index in [1.807, 2.05) is 26.0 Å². The molecule has 0 amide bonds. The van der Waals surface area contributed by atoms with Crippen molar-refractivity contribution in [2.75, 3.05) is 0 Å². The lowest BCUT2D eigenvalue weighted by Crippen LogP contribution is -1.94. The summed E-state index contributed by atoms with van der Waals surface area (Å²) in [6.45, 7) is 8.24. The minimum Gasteiger partial charge on any atom is -0.507 e. The van der Waals surface area contributed by atoms with Gasteiger partial charge >= 0.3 is 0 Å². The second-order valence-electron chi connectivity index (χ2n) is 6.11. The van der Waals surface area contributed by atoms with Gasteiger partial charge in [-0.05, 0) is 61.1 Å².